The van der Waals surface area contributed by atoms with Gasteiger partial charge in [-0.1, -0.05) is 37.3 Å². The smallest absolute Gasteiger partial charge is 0.324 e. The summed E-state index contributed by atoms with van der Waals surface area (Å²) in [5.41, 5.74) is 1.05. The summed E-state index contributed by atoms with van der Waals surface area (Å²) in [7, 11) is 0. The molecule has 1 aromatic heterocycles. The molecule has 0 saturated heterocycles. The lowest BCUT2D eigenvalue weighted by Gasteiger charge is -2.09. The average Bonchev–Trinajstić information content (AvgIpc) is 2.52. The van der Waals surface area contributed by atoms with E-state index in [0.717, 1.165) is 18.5 Å². The van der Waals surface area contributed by atoms with Gasteiger partial charge in [0, 0.05) is 6.54 Å². The molecular formula is C15H20N4O2. The van der Waals surface area contributed by atoms with Crippen LogP contribution in [0.4, 0.5) is 5.95 Å². The van der Waals surface area contributed by atoms with E-state index in [1.165, 1.54) is 0 Å². The molecule has 0 fully saturated rings. The first-order chi connectivity index (χ1) is 10.3. The van der Waals surface area contributed by atoms with Crippen molar-refractivity contribution in [1.29, 1.82) is 0 Å². The third-order valence-corrected chi connectivity index (χ3v) is 2.61. The number of hydrogen-bond donors (Lipinski definition) is 1. The largest absolute Gasteiger partial charge is 0.464 e. The van der Waals surface area contributed by atoms with Gasteiger partial charge in [-0.3, -0.25) is 0 Å². The Kier molecular flexibility index (Phi) is 5.75. The fourth-order valence-electron chi connectivity index (χ4n) is 1.63. The molecule has 21 heavy (non-hydrogen) atoms. The summed E-state index contributed by atoms with van der Waals surface area (Å²) in [5.74, 6) is 0.471. The van der Waals surface area contributed by atoms with Crippen LogP contribution in [0.25, 0.3) is 0 Å². The minimum atomic E-state index is 0.260. The van der Waals surface area contributed by atoms with Crippen LogP contribution in [0.3, 0.4) is 0 Å². The maximum Gasteiger partial charge on any atom is 0.324 e. The molecule has 112 valence electrons. The first kappa shape index (κ1) is 15.0. The third-order valence-electron chi connectivity index (χ3n) is 2.61. The number of rotatable bonds is 8. The molecule has 1 aromatic carbocycles. The molecule has 0 atom stereocenters. The summed E-state index contributed by atoms with van der Waals surface area (Å²) in [6.45, 7) is 5.64. The maximum atomic E-state index is 5.62. The van der Waals surface area contributed by atoms with Gasteiger partial charge in [-0.2, -0.15) is 9.97 Å². The van der Waals surface area contributed by atoms with Crippen LogP contribution >= 0.6 is 0 Å². The number of ether oxygens (including phenoxy) is 2. The fourth-order valence-corrected chi connectivity index (χ4v) is 1.63. The van der Waals surface area contributed by atoms with Gasteiger partial charge in [-0.25, -0.2) is 0 Å². The van der Waals surface area contributed by atoms with Crippen LogP contribution in [0.5, 0.6) is 12.0 Å². The van der Waals surface area contributed by atoms with Crippen molar-refractivity contribution in [2.24, 2.45) is 0 Å². The number of anilines is 1. The molecule has 0 radical (unpaired) electrons. The first-order valence-electron chi connectivity index (χ1n) is 7.11. The predicted molar refractivity (Wildman–Crippen MR) is 80.6 cm³/mol. The van der Waals surface area contributed by atoms with E-state index in [1.807, 2.05) is 37.3 Å². The molecule has 2 aromatic rings. The monoisotopic (exact) mass is 288 g/mol. The second kappa shape index (κ2) is 8.04. The van der Waals surface area contributed by atoms with Crippen LogP contribution < -0.4 is 14.8 Å². The normalized spacial score (nSPS) is 10.2. The molecule has 0 amide bonds. The average molecular weight is 288 g/mol. The van der Waals surface area contributed by atoms with Crippen LogP contribution in [0.15, 0.2) is 30.3 Å². The lowest BCUT2D eigenvalue weighted by Crippen LogP contribution is -2.09. The highest BCUT2D eigenvalue weighted by atomic mass is 16.5. The SMILES string of the molecule is CCCNc1nc(OCC)nc(OCc2ccccc2)n1. The van der Waals surface area contributed by atoms with Gasteiger partial charge in [0.05, 0.1) is 6.61 Å². The molecule has 0 aliphatic heterocycles. The molecule has 0 bridgehead atoms. The molecule has 1 N–H and O–H groups in total. The van der Waals surface area contributed by atoms with E-state index in [1.54, 1.807) is 0 Å². The Hall–Kier alpha value is -2.37. The molecular weight excluding hydrogens is 268 g/mol. The minimum absolute atomic E-state index is 0.260. The van der Waals surface area contributed by atoms with E-state index < -0.39 is 0 Å². The van der Waals surface area contributed by atoms with Gasteiger partial charge in [0.2, 0.25) is 5.95 Å². The zero-order chi connectivity index (χ0) is 14.9. The van der Waals surface area contributed by atoms with E-state index in [0.29, 0.717) is 19.2 Å². The van der Waals surface area contributed by atoms with E-state index >= 15 is 0 Å². The molecule has 0 aliphatic rings. The second-order valence-electron chi connectivity index (χ2n) is 4.36. The van der Waals surface area contributed by atoms with Gasteiger partial charge in [0.1, 0.15) is 6.61 Å². The van der Waals surface area contributed by atoms with Crippen molar-refractivity contribution >= 4 is 5.95 Å². The molecule has 0 spiro atoms. The number of hydrogen-bond acceptors (Lipinski definition) is 6. The number of nitrogens with one attached hydrogen (secondary N) is 1. The summed E-state index contributed by atoms with van der Waals surface area (Å²) in [6, 6.07) is 10.4. The molecule has 0 saturated carbocycles. The Labute approximate surface area is 124 Å². The van der Waals surface area contributed by atoms with Crippen LogP contribution in [-0.2, 0) is 6.61 Å². The lowest BCUT2D eigenvalue weighted by atomic mass is 10.2. The van der Waals surface area contributed by atoms with Gasteiger partial charge >= 0.3 is 12.0 Å². The van der Waals surface area contributed by atoms with Gasteiger partial charge in [0.15, 0.2) is 0 Å². The van der Waals surface area contributed by atoms with Gasteiger partial charge < -0.3 is 14.8 Å². The highest BCUT2D eigenvalue weighted by Crippen LogP contribution is 2.14. The summed E-state index contributed by atoms with van der Waals surface area (Å²) >= 11 is 0. The van der Waals surface area contributed by atoms with Crippen molar-refractivity contribution in [3.63, 3.8) is 0 Å². The summed E-state index contributed by atoms with van der Waals surface area (Å²) < 4.78 is 11.0. The Balaban J connectivity index is 2.07. The Morgan fingerprint density at radius 1 is 0.952 bits per heavy atom. The van der Waals surface area contributed by atoms with Crippen molar-refractivity contribution in [3.8, 4) is 12.0 Å². The van der Waals surface area contributed by atoms with E-state index in [4.69, 9.17) is 9.47 Å². The Morgan fingerprint density at radius 3 is 2.33 bits per heavy atom. The second-order valence-corrected chi connectivity index (χ2v) is 4.36. The van der Waals surface area contributed by atoms with Crippen LogP contribution in [0.1, 0.15) is 25.8 Å². The number of benzene rings is 1. The molecule has 0 aliphatic carbocycles. The van der Waals surface area contributed by atoms with Crippen LogP contribution in [-0.4, -0.2) is 28.1 Å². The van der Waals surface area contributed by atoms with Gasteiger partial charge in [-0.05, 0) is 18.9 Å². The van der Waals surface area contributed by atoms with E-state index in [-0.39, 0.29) is 12.0 Å². The highest BCUT2D eigenvalue weighted by molar-refractivity contribution is 5.27. The number of nitrogens with zero attached hydrogens (tertiary/aromatic N) is 3. The first-order valence-corrected chi connectivity index (χ1v) is 7.11. The molecule has 1 heterocycles. The van der Waals surface area contributed by atoms with Crippen molar-refractivity contribution in [1.82, 2.24) is 15.0 Å². The Morgan fingerprint density at radius 2 is 1.67 bits per heavy atom. The van der Waals surface area contributed by atoms with Crippen molar-refractivity contribution in [2.45, 2.75) is 26.9 Å². The third kappa shape index (κ3) is 4.91. The molecule has 2 rings (SSSR count). The Bertz CT molecular complexity index is 549. The van der Waals surface area contributed by atoms with Crippen molar-refractivity contribution in [3.05, 3.63) is 35.9 Å². The van der Waals surface area contributed by atoms with Crippen molar-refractivity contribution < 1.29 is 9.47 Å². The van der Waals surface area contributed by atoms with Crippen molar-refractivity contribution in [2.75, 3.05) is 18.5 Å². The van der Waals surface area contributed by atoms with Gasteiger partial charge in [-0.15, -0.1) is 4.98 Å². The topological polar surface area (TPSA) is 69.2 Å². The fraction of sp³-hybridized carbons (Fsp3) is 0.400. The van der Waals surface area contributed by atoms with E-state index in [2.05, 4.69) is 27.2 Å². The highest BCUT2D eigenvalue weighted by Gasteiger charge is 2.08. The van der Waals surface area contributed by atoms with Gasteiger partial charge in [0.25, 0.3) is 0 Å². The number of aromatic nitrogens is 3. The quantitative estimate of drug-likeness (QED) is 0.805. The maximum absolute atomic E-state index is 5.62. The minimum Gasteiger partial charge on any atom is -0.464 e. The zero-order valence-electron chi connectivity index (χ0n) is 12.4. The lowest BCUT2D eigenvalue weighted by molar-refractivity contribution is 0.261. The van der Waals surface area contributed by atoms with E-state index in [9.17, 15) is 0 Å². The zero-order valence-corrected chi connectivity index (χ0v) is 12.4. The molecule has 6 heteroatoms. The molecule has 0 unspecified atom stereocenters. The van der Waals surface area contributed by atoms with Crippen LogP contribution in [0, 0.1) is 0 Å². The predicted octanol–water partition coefficient (Wildman–Crippen LogP) is 2.67. The molecule has 6 nitrogen and oxygen atoms in total. The summed E-state index contributed by atoms with van der Waals surface area (Å²) in [4.78, 5) is 12.6. The summed E-state index contributed by atoms with van der Waals surface area (Å²) in [6.07, 6.45) is 0.982. The van der Waals surface area contributed by atoms with Crippen LogP contribution in [0.2, 0.25) is 0 Å². The standard InChI is InChI=1S/C15H20N4O2/c1-3-10-16-13-17-14(20-4-2)19-15(18-13)21-11-12-8-6-5-7-9-12/h5-9H,3-4,10-11H2,1-2H3,(H,16,17,18,19). The summed E-state index contributed by atoms with van der Waals surface area (Å²) in [5, 5.41) is 3.11.